The van der Waals surface area contributed by atoms with Crippen molar-refractivity contribution in [3.8, 4) is 0 Å². The van der Waals surface area contributed by atoms with Crippen LogP contribution in [0.2, 0.25) is 0 Å². The van der Waals surface area contributed by atoms with Gasteiger partial charge in [-0.3, -0.25) is 9.59 Å². The van der Waals surface area contributed by atoms with Crippen LogP contribution in [-0.4, -0.2) is 11.6 Å². The second-order valence-electron chi connectivity index (χ2n) is 1.47. The molecule has 0 fully saturated rings. The van der Waals surface area contributed by atoms with Crippen molar-refractivity contribution >= 4 is 11.6 Å². The summed E-state index contributed by atoms with van der Waals surface area (Å²) in [5, 5.41) is 0. The average Bonchev–Trinajstić information content (AvgIpc) is 1.77. The van der Waals surface area contributed by atoms with Gasteiger partial charge in [0.2, 0.25) is 0 Å². The monoisotopic (exact) mass is 206 g/mol. The Kier molecular flexibility index (Phi) is 3.33. The van der Waals surface area contributed by atoms with Gasteiger partial charge in [-0.25, -0.2) is 0 Å². The molecule has 0 saturated heterocycles. The SMILES string of the molecule is O=C1C=CC(=O)C=C1.[Mo]. The van der Waals surface area contributed by atoms with E-state index >= 15 is 0 Å². The summed E-state index contributed by atoms with van der Waals surface area (Å²) in [5.74, 6) is -0.241. The molecule has 9 heavy (non-hydrogen) atoms. The van der Waals surface area contributed by atoms with Gasteiger partial charge in [-0.05, 0) is 24.3 Å². The summed E-state index contributed by atoms with van der Waals surface area (Å²) in [6.07, 6.45) is 5.01. The first-order chi connectivity index (χ1) is 3.79. The summed E-state index contributed by atoms with van der Waals surface area (Å²) in [4.78, 5) is 20.6. The Morgan fingerprint density at radius 1 is 0.778 bits per heavy atom. The first-order valence-electron chi connectivity index (χ1n) is 2.23. The molecular formula is C6H4MoO2. The van der Waals surface area contributed by atoms with Gasteiger partial charge in [0.25, 0.3) is 0 Å². The smallest absolute Gasteiger partial charge is 0.178 e. The molecule has 0 aliphatic heterocycles. The van der Waals surface area contributed by atoms with Crippen LogP contribution >= 0.6 is 0 Å². The molecule has 0 N–H and O–H groups in total. The Hall–Kier alpha value is -0.492. The van der Waals surface area contributed by atoms with Crippen molar-refractivity contribution in [3.63, 3.8) is 0 Å². The van der Waals surface area contributed by atoms with Crippen LogP contribution in [0, 0.1) is 0 Å². The zero-order valence-electron chi connectivity index (χ0n) is 4.53. The minimum atomic E-state index is -0.121. The molecular weight excluding hydrogens is 200 g/mol. The van der Waals surface area contributed by atoms with Crippen LogP contribution in [0.25, 0.3) is 0 Å². The maximum Gasteiger partial charge on any atom is 0.178 e. The minimum Gasteiger partial charge on any atom is -0.290 e. The number of carbonyl (C=O) groups is 2. The van der Waals surface area contributed by atoms with E-state index in [0.717, 1.165) is 0 Å². The Morgan fingerprint density at radius 2 is 1.00 bits per heavy atom. The zero-order chi connectivity index (χ0) is 5.98. The molecule has 1 aliphatic carbocycles. The van der Waals surface area contributed by atoms with E-state index < -0.39 is 0 Å². The molecule has 0 spiro atoms. The van der Waals surface area contributed by atoms with Crippen molar-refractivity contribution in [1.82, 2.24) is 0 Å². The number of hydrogen-bond donors (Lipinski definition) is 0. The van der Waals surface area contributed by atoms with E-state index in [1.165, 1.54) is 24.3 Å². The molecule has 0 amide bonds. The van der Waals surface area contributed by atoms with E-state index in [0.29, 0.717) is 0 Å². The third-order valence-electron chi connectivity index (χ3n) is 0.824. The van der Waals surface area contributed by atoms with Crippen LogP contribution < -0.4 is 0 Å². The van der Waals surface area contributed by atoms with E-state index in [9.17, 15) is 9.59 Å². The summed E-state index contributed by atoms with van der Waals surface area (Å²) in [7, 11) is 0. The molecule has 0 bridgehead atoms. The van der Waals surface area contributed by atoms with Crippen molar-refractivity contribution < 1.29 is 30.7 Å². The van der Waals surface area contributed by atoms with Gasteiger partial charge in [0.15, 0.2) is 11.6 Å². The van der Waals surface area contributed by atoms with Gasteiger partial charge in [0.1, 0.15) is 0 Å². The number of carbonyl (C=O) groups excluding carboxylic acids is 2. The summed E-state index contributed by atoms with van der Waals surface area (Å²) in [6.45, 7) is 0. The first kappa shape index (κ1) is 8.51. The van der Waals surface area contributed by atoms with Gasteiger partial charge in [0.05, 0.1) is 0 Å². The minimum absolute atomic E-state index is 0. The van der Waals surface area contributed by atoms with Gasteiger partial charge in [0, 0.05) is 21.1 Å². The number of ketones is 2. The number of allylic oxidation sites excluding steroid dienone is 4. The molecule has 0 aromatic heterocycles. The Morgan fingerprint density at radius 3 is 1.22 bits per heavy atom. The standard InChI is InChI=1S/C6H4O2.Mo/c7-5-1-2-6(8)4-3-5;/h1-4H;. The van der Waals surface area contributed by atoms with Crippen LogP contribution in [-0.2, 0) is 30.7 Å². The average molecular weight is 204 g/mol. The zero-order valence-corrected chi connectivity index (χ0v) is 6.54. The predicted molar refractivity (Wildman–Crippen MR) is 28.3 cm³/mol. The van der Waals surface area contributed by atoms with Crippen LogP contribution in [0.1, 0.15) is 0 Å². The van der Waals surface area contributed by atoms with Crippen LogP contribution in [0.3, 0.4) is 0 Å². The molecule has 2 nitrogen and oxygen atoms in total. The molecule has 0 radical (unpaired) electrons. The van der Waals surface area contributed by atoms with Crippen LogP contribution in [0.5, 0.6) is 0 Å². The molecule has 0 aromatic rings. The summed E-state index contributed by atoms with van der Waals surface area (Å²) in [5.41, 5.74) is 0. The maximum atomic E-state index is 10.3. The molecule has 0 atom stereocenters. The number of rotatable bonds is 0. The Labute approximate surface area is 66.9 Å². The largest absolute Gasteiger partial charge is 0.290 e. The molecule has 1 rings (SSSR count). The quantitative estimate of drug-likeness (QED) is 0.418. The fourth-order valence-corrected chi connectivity index (χ4v) is 0.440. The molecule has 0 heterocycles. The second kappa shape index (κ2) is 3.52. The van der Waals surface area contributed by atoms with E-state index in [4.69, 9.17) is 0 Å². The van der Waals surface area contributed by atoms with Gasteiger partial charge in [-0.15, -0.1) is 0 Å². The normalized spacial score (nSPS) is 15.6. The third-order valence-corrected chi connectivity index (χ3v) is 0.824. The van der Waals surface area contributed by atoms with E-state index in [1.54, 1.807) is 0 Å². The molecule has 3 heteroatoms. The van der Waals surface area contributed by atoms with Crippen molar-refractivity contribution in [2.24, 2.45) is 0 Å². The van der Waals surface area contributed by atoms with Gasteiger partial charge in [-0.2, -0.15) is 0 Å². The van der Waals surface area contributed by atoms with Crippen molar-refractivity contribution in [2.75, 3.05) is 0 Å². The molecule has 0 unspecified atom stereocenters. The van der Waals surface area contributed by atoms with E-state index in [2.05, 4.69) is 0 Å². The summed E-state index contributed by atoms with van der Waals surface area (Å²) < 4.78 is 0. The molecule has 0 aromatic carbocycles. The van der Waals surface area contributed by atoms with Crippen LogP contribution in [0.15, 0.2) is 24.3 Å². The Balaban J connectivity index is 0.000000640. The van der Waals surface area contributed by atoms with Gasteiger partial charge < -0.3 is 0 Å². The van der Waals surface area contributed by atoms with Crippen molar-refractivity contribution in [1.29, 1.82) is 0 Å². The number of hydrogen-bond acceptors (Lipinski definition) is 2. The molecule has 1 aliphatic rings. The van der Waals surface area contributed by atoms with E-state index in [-0.39, 0.29) is 32.6 Å². The van der Waals surface area contributed by atoms with Crippen molar-refractivity contribution in [2.45, 2.75) is 0 Å². The van der Waals surface area contributed by atoms with E-state index in [1.807, 2.05) is 0 Å². The third kappa shape index (κ3) is 2.52. The fourth-order valence-electron chi connectivity index (χ4n) is 0.440. The fraction of sp³-hybridized carbons (Fsp3) is 0. The Bertz CT molecular complexity index is 153. The molecule has 46 valence electrons. The topological polar surface area (TPSA) is 34.1 Å². The first-order valence-corrected chi connectivity index (χ1v) is 2.23. The maximum absolute atomic E-state index is 10.3. The molecule has 0 saturated carbocycles. The summed E-state index contributed by atoms with van der Waals surface area (Å²) in [6, 6.07) is 0. The summed E-state index contributed by atoms with van der Waals surface area (Å²) >= 11 is 0. The van der Waals surface area contributed by atoms with Gasteiger partial charge >= 0.3 is 0 Å². The van der Waals surface area contributed by atoms with Crippen LogP contribution in [0.4, 0.5) is 0 Å². The second-order valence-corrected chi connectivity index (χ2v) is 1.47. The van der Waals surface area contributed by atoms with Gasteiger partial charge in [-0.1, -0.05) is 0 Å². The predicted octanol–water partition coefficient (Wildman–Crippen LogP) is 0.248. The van der Waals surface area contributed by atoms with Crippen molar-refractivity contribution in [3.05, 3.63) is 24.3 Å².